The molecule has 19 heavy (non-hydrogen) atoms. The summed E-state index contributed by atoms with van der Waals surface area (Å²) in [4.78, 5) is 11.1. The molecule has 0 heterocycles. The fourth-order valence-corrected chi connectivity index (χ4v) is 2.25. The van der Waals surface area contributed by atoms with Crippen molar-refractivity contribution in [2.24, 2.45) is 5.10 Å². The Morgan fingerprint density at radius 2 is 2.26 bits per heavy atom. The van der Waals surface area contributed by atoms with Crippen LogP contribution in [-0.2, 0) is 11.2 Å². The first-order chi connectivity index (χ1) is 9.22. The second-order valence-corrected chi connectivity index (χ2v) is 4.50. The summed E-state index contributed by atoms with van der Waals surface area (Å²) in [6.45, 7) is 0. The Hall–Kier alpha value is -2.12. The van der Waals surface area contributed by atoms with Crippen LogP contribution in [0.2, 0.25) is 0 Å². The average Bonchev–Trinajstić information content (AvgIpc) is 2.42. The van der Waals surface area contributed by atoms with Gasteiger partial charge < -0.3 is 0 Å². The van der Waals surface area contributed by atoms with Gasteiger partial charge in [-0.15, -0.1) is 0 Å². The molecule has 0 saturated heterocycles. The molecule has 0 atom stereocenters. The Bertz CT molecular complexity index is 599. The number of rotatable bonds is 3. The van der Waals surface area contributed by atoms with Gasteiger partial charge in [-0.1, -0.05) is 35.9 Å². The monoisotopic (exact) mass is 273 g/mol. The quantitative estimate of drug-likeness (QED) is 0.679. The van der Waals surface area contributed by atoms with Crippen molar-refractivity contribution in [3.63, 3.8) is 0 Å². The lowest BCUT2D eigenvalue weighted by molar-refractivity contribution is -0.120. The van der Waals surface area contributed by atoms with Crippen molar-refractivity contribution in [3.8, 4) is 6.07 Å². The fourth-order valence-electron chi connectivity index (χ4n) is 1.92. The Balaban J connectivity index is 2.12. The van der Waals surface area contributed by atoms with Gasteiger partial charge in [0.15, 0.2) is 0 Å². The molecule has 1 aromatic carbocycles. The maximum atomic E-state index is 11.1. The predicted molar refractivity (Wildman–Crippen MR) is 74.4 cm³/mol. The number of benzene rings is 1. The van der Waals surface area contributed by atoms with Gasteiger partial charge in [-0.2, -0.15) is 10.4 Å². The maximum Gasteiger partial charge on any atom is 0.254 e. The average molecular weight is 274 g/mol. The van der Waals surface area contributed by atoms with Gasteiger partial charge in [-0.25, -0.2) is 5.43 Å². The first-order valence-electron chi connectivity index (χ1n) is 5.88. The van der Waals surface area contributed by atoms with Crippen molar-refractivity contribution in [1.82, 2.24) is 5.43 Å². The van der Waals surface area contributed by atoms with Crippen LogP contribution in [0.4, 0.5) is 0 Å². The zero-order chi connectivity index (χ0) is 13.7. The SMILES string of the molecule is N#CCC(=O)N/N=C/C1=C(Cl)c2ccccc2CC1. The molecule has 0 radical (unpaired) electrons. The standard InChI is InChI=1S/C14H12ClN3O/c15-14-11(9-17-18-13(19)7-8-16)6-5-10-3-1-2-4-12(10)14/h1-4,9H,5-7H2,(H,18,19)/b17-9+. The highest BCUT2D eigenvalue weighted by Crippen LogP contribution is 2.32. The van der Waals surface area contributed by atoms with Gasteiger partial charge in [0.1, 0.15) is 6.42 Å². The van der Waals surface area contributed by atoms with Crippen LogP contribution in [0.3, 0.4) is 0 Å². The molecule has 0 fully saturated rings. The van der Waals surface area contributed by atoms with Gasteiger partial charge in [0.25, 0.3) is 5.91 Å². The number of amides is 1. The molecule has 0 unspecified atom stereocenters. The van der Waals surface area contributed by atoms with E-state index >= 15 is 0 Å². The Kier molecular flexibility index (Phi) is 4.32. The predicted octanol–water partition coefficient (Wildman–Crippen LogP) is 2.60. The number of fused-ring (bicyclic) bond motifs is 1. The van der Waals surface area contributed by atoms with Gasteiger partial charge >= 0.3 is 0 Å². The van der Waals surface area contributed by atoms with Crippen LogP contribution in [0, 0.1) is 11.3 Å². The van der Waals surface area contributed by atoms with Gasteiger partial charge in [-0.3, -0.25) is 4.79 Å². The molecule has 0 aromatic heterocycles. The number of hydrogen-bond donors (Lipinski definition) is 1. The minimum atomic E-state index is -0.424. The number of nitrogens with zero attached hydrogens (tertiary/aromatic N) is 2. The first-order valence-corrected chi connectivity index (χ1v) is 6.26. The topological polar surface area (TPSA) is 65.2 Å². The zero-order valence-corrected chi connectivity index (χ0v) is 10.9. The van der Waals surface area contributed by atoms with Crippen molar-refractivity contribution in [2.75, 3.05) is 0 Å². The fraction of sp³-hybridized carbons (Fsp3) is 0.214. The van der Waals surface area contributed by atoms with Crippen LogP contribution >= 0.6 is 11.6 Å². The van der Waals surface area contributed by atoms with Crippen LogP contribution < -0.4 is 5.43 Å². The third-order valence-electron chi connectivity index (χ3n) is 2.85. The molecule has 2 rings (SSSR count). The summed E-state index contributed by atoms with van der Waals surface area (Å²) in [6.07, 6.45) is 3.04. The summed E-state index contributed by atoms with van der Waals surface area (Å²) in [7, 11) is 0. The molecule has 0 spiro atoms. The summed E-state index contributed by atoms with van der Waals surface area (Å²) in [5.74, 6) is -0.424. The van der Waals surface area contributed by atoms with E-state index in [0.29, 0.717) is 5.03 Å². The molecule has 4 nitrogen and oxygen atoms in total. The van der Waals surface area contributed by atoms with E-state index in [4.69, 9.17) is 16.9 Å². The number of hydrogen-bond acceptors (Lipinski definition) is 3. The molecule has 96 valence electrons. The lowest BCUT2D eigenvalue weighted by Crippen LogP contribution is -2.16. The highest BCUT2D eigenvalue weighted by atomic mass is 35.5. The third-order valence-corrected chi connectivity index (χ3v) is 3.30. The number of nitriles is 1. The molecule has 5 heteroatoms. The number of allylic oxidation sites excluding steroid dienone is 1. The maximum absolute atomic E-state index is 11.1. The van der Waals surface area contributed by atoms with E-state index in [-0.39, 0.29) is 6.42 Å². The van der Waals surface area contributed by atoms with Gasteiger partial charge in [0, 0.05) is 0 Å². The summed E-state index contributed by atoms with van der Waals surface area (Å²) < 4.78 is 0. The highest BCUT2D eigenvalue weighted by molar-refractivity contribution is 6.50. The molecule has 1 N–H and O–H groups in total. The number of carbonyl (C=O) groups is 1. The normalized spacial score (nSPS) is 14.1. The Labute approximate surface area is 116 Å². The minimum Gasteiger partial charge on any atom is -0.272 e. The third kappa shape index (κ3) is 3.21. The second kappa shape index (κ2) is 6.17. The number of hydrazone groups is 1. The smallest absolute Gasteiger partial charge is 0.254 e. The van der Waals surface area contributed by atoms with E-state index in [1.165, 1.54) is 5.56 Å². The molecular formula is C14H12ClN3O. The van der Waals surface area contributed by atoms with Crippen molar-refractivity contribution in [3.05, 3.63) is 41.0 Å². The summed E-state index contributed by atoms with van der Waals surface area (Å²) in [6, 6.07) is 9.71. The molecular weight excluding hydrogens is 262 g/mol. The van der Waals surface area contributed by atoms with Crippen molar-refractivity contribution in [1.29, 1.82) is 5.26 Å². The van der Waals surface area contributed by atoms with E-state index in [2.05, 4.69) is 16.6 Å². The highest BCUT2D eigenvalue weighted by Gasteiger charge is 2.15. The number of aryl methyl sites for hydroxylation is 1. The van der Waals surface area contributed by atoms with E-state index in [1.807, 2.05) is 18.2 Å². The minimum absolute atomic E-state index is 0.201. The molecule has 1 aliphatic carbocycles. The van der Waals surface area contributed by atoms with Crippen LogP contribution in [0.1, 0.15) is 24.0 Å². The summed E-state index contributed by atoms with van der Waals surface area (Å²) in [5.41, 5.74) is 5.41. The second-order valence-electron chi connectivity index (χ2n) is 4.12. The van der Waals surface area contributed by atoms with Gasteiger partial charge in [0.05, 0.1) is 17.3 Å². The number of nitrogens with one attached hydrogen (secondary N) is 1. The van der Waals surface area contributed by atoms with E-state index in [0.717, 1.165) is 24.0 Å². The molecule has 0 saturated carbocycles. The van der Waals surface area contributed by atoms with E-state index in [1.54, 1.807) is 12.3 Å². The lowest BCUT2D eigenvalue weighted by atomic mass is 9.92. The number of carbonyl (C=O) groups excluding carboxylic acids is 1. The van der Waals surface area contributed by atoms with Crippen LogP contribution in [0.5, 0.6) is 0 Å². The van der Waals surface area contributed by atoms with Crippen molar-refractivity contribution >= 4 is 28.8 Å². The molecule has 1 aliphatic rings. The zero-order valence-electron chi connectivity index (χ0n) is 10.2. The number of halogens is 1. The molecule has 1 aromatic rings. The largest absolute Gasteiger partial charge is 0.272 e. The van der Waals surface area contributed by atoms with E-state index in [9.17, 15) is 4.79 Å². The molecule has 1 amide bonds. The first kappa shape index (κ1) is 13.3. The molecule has 0 aliphatic heterocycles. The van der Waals surface area contributed by atoms with Crippen molar-refractivity contribution in [2.45, 2.75) is 19.3 Å². The van der Waals surface area contributed by atoms with Crippen LogP contribution in [0.15, 0.2) is 34.9 Å². The van der Waals surface area contributed by atoms with Crippen LogP contribution in [-0.4, -0.2) is 12.1 Å². The summed E-state index contributed by atoms with van der Waals surface area (Å²) in [5, 5.41) is 12.8. The Morgan fingerprint density at radius 3 is 3.05 bits per heavy atom. The van der Waals surface area contributed by atoms with Gasteiger partial charge in [-0.05, 0) is 29.5 Å². The van der Waals surface area contributed by atoms with Gasteiger partial charge in [0.2, 0.25) is 0 Å². The van der Waals surface area contributed by atoms with E-state index < -0.39 is 5.91 Å². The van der Waals surface area contributed by atoms with Crippen molar-refractivity contribution < 1.29 is 4.79 Å². The summed E-state index contributed by atoms with van der Waals surface area (Å²) >= 11 is 6.31. The van der Waals surface area contributed by atoms with Crippen LogP contribution in [0.25, 0.3) is 5.03 Å². The lowest BCUT2D eigenvalue weighted by Gasteiger charge is -2.17. The molecule has 0 bridgehead atoms. The Morgan fingerprint density at radius 1 is 1.47 bits per heavy atom.